The van der Waals surface area contributed by atoms with Crippen molar-refractivity contribution in [1.29, 1.82) is 0 Å². The van der Waals surface area contributed by atoms with Crippen molar-refractivity contribution in [2.45, 2.75) is 13.0 Å². The van der Waals surface area contributed by atoms with Crippen LogP contribution in [0, 0.1) is 6.92 Å². The summed E-state index contributed by atoms with van der Waals surface area (Å²) in [7, 11) is 0. The quantitative estimate of drug-likeness (QED) is 0.702. The van der Waals surface area contributed by atoms with Crippen LogP contribution >= 0.6 is 0 Å². The van der Waals surface area contributed by atoms with Gasteiger partial charge in [-0.15, -0.1) is 0 Å². The lowest BCUT2D eigenvalue weighted by Crippen LogP contribution is -2.31. The molecule has 134 valence electrons. The van der Waals surface area contributed by atoms with Crippen molar-refractivity contribution in [2.75, 3.05) is 4.90 Å². The fraction of sp³-hybridized carbons (Fsp3) is 0.0909. The number of aliphatic hydroxyl groups is 1. The Balaban J connectivity index is 1.89. The van der Waals surface area contributed by atoms with Crippen LogP contribution in [0.15, 0.2) is 88.7 Å². The molecule has 5 nitrogen and oxygen atoms in total. The second-order valence-corrected chi connectivity index (χ2v) is 6.40. The minimum absolute atomic E-state index is 0.0163. The second kappa shape index (κ2) is 6.61. The monoisotopic (exact) mass is 359 g/mol. The lowest BCUT2D eigenvalue weighted by Gasteiger charge is -2.27. The maximum absolute atomic E-state index is 13.0. The molecule has 0 fully saturated rings. The third-order valence-corrected chi connectivity index (χ3v) is 4.59. The molecule has 3 aromatic rings. The van der Waals surface area contributed by atoms with Gasteiger partial charge in [-0.05, 0) is 42.3 Å². The van der Waals surface area contributed by atoms with Gasteiger partial charge in [0.15, 0.2) is 11.5 Å². The van der Waals surface area contributed by atoms with Crippen LogP contribution in [0.3, 0.4) is 0 Å². The molecule has 4 rings (SSSR count). The highest BCUT2D eigenvalue weighted by molar-refractivity contribution is 6.20. The Morgan fingerprint density at radius 3 is 2.48 bits per heavy atom. The topological polar surface area (TPSA) is 70.8 Å². The van der Waals surface area contributed by atoms with Gasteiger partial charge in [0, 0.05) is 5.69 Å². The maximum atomic E-state index is 13.0. The van der Waals surface area contributed by atoms with Crippen molar-refractivity contribution < 1.29 is 19.1 Å². The number of carbonyl (C=O) groups excluding carboxylic acids is 2. The molecule has 1 aliphatic heterocycles. The Hall–Kier alpha value is -3.60. The fourth-order valence-electron chi connectivity index (χ4n) is 3.37. The van der Waals surface area contributed by atoms with E-state index < -0.39 is 23.5 Å². The minimum Gasteiger partial charge on any atom is -0.503 e. The number of aryl methyl sites for hydroxylation is 1. The first-order chi connectivity index (χ1) is 13.1. The predicted octanol–water partition coefficient (Wildman–Crippen LogP) is 4.37. The summed E-state index contributed by atoms with van der Waals surface area (Å²) in [5.74, 6) is -1.58. The molecule has 0 saturated carbocycles. The van der Waals surface area contributed by atoms with Crippen LogP contribution in [-0.2, 0) is 4.79 Å². The molecular weight excluding hydrogens is 342 g/mol. The van der Waals surface area contributed by atoms with Crippen LogP contribution < -0.4 is 4.90 Å². The standard InChI is InChI=1S/C22H17NO4/c1-14-7-5-10-16(13-14)23-19(15-8-3-2-4-9-15)18(21(25)22(23)26)20(24)17-11-6-12-27-17/h2-13,19,25H,1H3/t19-/m1/s1. The summed E-state index contributed by atoms with van der Waals surface area (Å²) in [6, 6.07) is 18.9. The second-order valence-electron chi connectivity index (χ2n) is 6.40. The van der Waals surface area contributed by atoms with Crippen molar-refractivity contribution in [1.82, 2.24) is 0 Å². The highest BCUT2D eigenvalue weighted by Gasteiger charge is 2.45. The van der Waals surface area contributed by atoms with Gasteiger partial charge < -0.3 is 9.52 Å². The molecule has 0 unspecified atom stereocenters. The number of nitrogens with zero attached hydrogens (tertiary/aromatic N) is 1. The number of hydrogen-bond acceptors (Lipinski definition) is 4. The van der Waals surface area contributed by atoms with Crippen LogP contribution in [0.25, 0.3) is 0 Å². The van der Waals surface area contributed by atoms with E-state index in [0.717, 1.165) is 11.1 Å². The van der Waals surface area contributed by atoms with E-state index in [1.54, 1.807) is 12.1 Å². The van der Waals surface area contributed by atoms with Crippen molar-refractivity contribution >= 4 is 17.4 Å². The summed E-state index contributed by atoms with van der Waals surface area (Å²) < 4.78 is 5.21. The van der Waals surface area contributed by atoms with Gasteiger partial charge in [0.25, 0.3) is 5.91 Å². The largest absolute Gasteiger partial charge is 0.503 e. The average Bonchev–Trinajstić information content (AvgIpc) is 3.30. The summed E-state index contributed by atoms with van der Waals surface area (Å²) in [6.07, 6.45) is 1.39. The molecule has 1 aromatic heterocycles. The van der Waals surface area contributed by atoms with Gasteiger partial charge >= 0.3 is 0 Å². The van der Waals surface area contributed by atoms with Crippen LogP contribution in [0.4, 0.5) is 5.69 Å². The maximum Gasteiger partial charge on any atom is 0.294 e. The third-order valence-electron chi connectivity index (χ3n) is 4.59. The highest BCUT2D eigenvalue weighted by atomic mass is 16.3. The zero-order valence-electron chi connectivity index (χ0n) is 14.6. The Labute approximate surface area is 156 Å². The Morgan fingerprint density at radius 1 is 1.04 bits per heavy atom. The number of Topliss-reactive ketones (excluding diaryl/α,β-unsaturated/α-hetero) is 1. The van der Waals surface area contributed by atoms with E-state index in [-0.39, 0.29) is 11.3 Å². The van der Waals surface area contributed by atoms with Crippen LogP contribution in [0.2, 0.25) is 0 Å². The summed E-state index contributed by atoms with van der Waals surface area (Å²) in [5.41, 5.74) is 2.33. The van der Waals surface area contributed by atoms with E-state index in [4.69, 9.17) is 4.42 Å². The van der Waals surface area contributed by atoms with Gasteiger partial charge in [-0.25, -0.2) is 0 Å². The molecular formula is C22H17NO4. The van der Waals surface area contributed by atoms with Gasteiger partial charge in [0.05, 0.1) is 17.9 Å². The summed E-state index contributed by atoms with van der Waals surface area (Å²) >= 11 is 0. The third kappa shape index (κ3) is 2.83. The van der Waals surface area contributed by atoms with Gasteiger partial charge in [-0.1, -0.05) is 42.5 Å². The molecule has 0 radical (unpaired) electrons. The van der Waals surface area contributed by atoms with Gasteiger partial charge in [0.1, 0.15) is 0 Å². The van der Waals surface area contributed by atoms with Gasteiger partial charge in [0.2, 0.25) is 5.78 Å². The zero-order chi connectivity index (χ0) is 19.0. The molecule has 2 heterocycles. The molecule has 2 aromatic carbocycles. The number of aliphatic hydroxyl groups excluding tert-OH is 1. The van der Waals surface area contributed by atoms with Crippen LogP contribution in [0.1, 0.15) is 27.7 Å². The first kappa shape index (κ1) is 16.8. The molecule has 1 aliphatic rings. The molecule has 0 spiro atoms. The first-order valence-electron chi connectivity index (χ1n) is 8.54. The van der Waals surface area contributed by atoms with E-state index in [0.29, 0.717) is 5.69 Å². The normalized spacial score (nSPS) is 16.9. The van der Waals surface area contributed by atoms with E-state index in [1.165, 1.54) is 17.2 Å². The number of ketones is 1. The molecule has 1 atom stereocenters. The van der Waals surface area contributed by atoms with Gasteiger partial charge in [-0.2, -0.15) is 0 Å². The highest BCUT2D eigenvalue weighted by Crippen LogP contribution is 2.41. The van der Waals surface area contributed by atoms with Crippen molar-refractivity contribution in [3.8, 4) is 0 Å². The number of hydrogen-bond donors (Lipinski definition) is 1. The molecule has 0 bridgehead atoms. The van der Waals surface area contributed by atoms with Crippen molar-refractivity contribution in [3.63, 3.8) is 0 Å². The fourth-order valence-corrected chi connectivity index (χ4v) is 3.37. The Morgan fingerprint density at radius 2 is 1.81 bits per heavy atom. The molecule has 1 N–H and O–H groups in total. The molecule has 1 amide bonds. The zero-order valence-corrected chi connectivity index (χ0v) is 14.6. The lowest BCUT2D eigenvalue weighted by atomic mass is 9.95. The SMILES string of the molecule is Cc1cccc(N2C(=O)C(O)=C(C(=O)c3ccco3)[C@H]2c2ccccc2)c1. The number of furan rings is 1. The Kier molecular flexibility index (Phi) is 4.12. The number of anilines is 1. The van der Waals surface area contributed by atoms with E-state index in [9.17, 15) is 14.7 Å². The number of benzene rings is 2. The van der Waals surface area contributed by atoms with Crippen LogP contribution in [-0.4, -0.2) is 16.8 Å². The van der Waals surface area contributed by atoms with Gasteiger partial charge in [-0.3, -0.25) is 14.5 Å². The lowest BCUT2D eigenvalue weighted by molar-refractivity contribution is -0.117. The summed E-state index contributed by atoms with van der Waals surface area (Å²) in [4.78, 5) is 27.4. The summed E-state index contributed by atoms with van der Waals surface area (Å²) in [6.45, 7) is 1.92. The Bertz CT molecular complexity index is 1040. The van der Waals surface area contributed by atoms with E-state index in [1.807, 2.05) is 55.5 Å². The minimum atomic E-state index is -0.738. The van der Waals surface area contributed by atoms with Crippen molar-refractivity contribution in [2.24, 2.45) is 0 Å². The molecule has 0 aliphatic carbocycles. The van der Waals surface area contributed by atoms with Crippen molar-refractivity contribution in [3.05, 3.63) is 101 Å². The first-order valence-corrected chi connectivity index (χ1v) is 8.54. The average molecular weight is 359 g/mol. The van der Waals surface area contributed by atoms with Crippen LogP contribution in [0.5, 0.6) is 0 Å². The predicted molar refractivity (Wildman–Crippen MR) is 101 cm³/mol. The summed E-state index contributed by atoms with van der Waals surface area (Å²) in [5, 5.41) is 10.6. The molecule has 27 heavy (non-hydrogen) atoms. The van der Waals surface area contributed by atoms with E-state index in [2.05, 4.69) is 0 Å². The molecule has 5 heteroatoms. The molecule has 0 saturated heterocycles. The number of rotatable bonds is 4. The smallest absolute Gasteiger partial charge is 0.294 e. The number of amides is 1. The van der Waals surface area contributed by atoms with E-state index >= 15 is 0 Å². The number of carbonyl (C=O) groups is 2.